The van der Waals surface area contributed by atoms with Gasteiger partial charge in [-0.25, -0.2) is 4.98 Å². The normalized spacial score (nSPS) is 14.8. The number of nitrogens with zero attached hydrogens (tertiary/aromatic N) is 4. The Kier molecular flexibility index (Phi) is 7.83. The molecule has 2 amide bonds. The number of hydrogen-bond donors (Lipinski definition) is 2. The molecule has 2 N–H and O–H groups in total. The largest absolute Gasteiger partial charge is 0.416 e. The molecule has 40 heavy (non-hydrogen) atoms. The van der Waals surface area contributed by atoms with Crippen molar-refractivity contribution in [1.29, 1.82) is 0 Å². The van der Waals surface area contributed by atoms with Crippen molar-refractivity contribution >= 4 is 44.9 Å². The smallest absolute Gasteiger partial charge is 0.322 e. The second-order valence-corrected chi connectivity index (χ2v) is 10.8. The highest BCUT2D eigenvalue weighted by atomic mass is 32.1. The van der Waals surface area contributed by atoms with Gasteiger partial charge in [0.25, 0.3) is 11.8 Å². The fourth-order valence-corrected chi connectivity index (χ4v) is 5.32. The summed E-state index contributed by atoms with van der Waals surface area (Å²) in [7, 11) is 1.98. The van der Waals surface area contributed by atoms with E-state index in [-0.39, 0.29) is 23.6 Å². The van der Waals surface area contributed by atoms with E-state index >= 15 is 0 Å². The summed E-state index contributed by atoms with van der Waals surface area (Å²) in [6, 6.07) is 10.3. The maximum Gasteiger partial charge on any atom is 0.416 e. The molecule has 12 heteroatoms. The molecule has 8 nitrogen and oxygen atoms in total. The van der Waals surface area contributed by atoms with Crippen LogP contribution in [0.1, 0.15) is 36.7 Å². The predicted molar refractivity (Wildman–Crippen MR) is 149 cm³/mol. The molecule has 2 aromatic carbocycles. The van der Waals surface area contributed by atoms with Crippen LogP contribution in [0.5, 0.6) is 0 Å². The zero-order valence-corrected chi connectivity index (χ0v) is 22.7. The topological polar surface area (TPSA) is 90.5 Å². The Bertz CT molecular complexity index is 1530. The maximum absolute atomic E-state index is 14.0. The first-order valence-corrected chi connectivity index (χ1v) is 13.4. The average Bonchev–Trinajstić information content (AvgIpc) is 3.36. The first-order valence-electron chi connectivity index (χ1n) is 12.6. The van der Waals surface area contributed by atoms with Crippen LogP contribution in [0.2, 0.25) is 0 Å². The van der Waals surface area contributed by atoms with Crippen LogP contribution in [-0.4, -0.2) is 64.8 Å². The highest BCUT2D eigenvalue weighted by Crippen LogP contribution is 2.34. The third kappa shape index (κ3) is 6.30. The maximum atomic E-state index is 14.0. The summed E-state index contributed by atoms with van der Waals surface area (Å²) in [5.74, 6) is -1.04. The molecule has 208 valence electrons. The van der Waals surface area contributed by atoms with Crippen molar-refractivity contribution in [2.75, 3.05) is 43.9 Å². The lowest BCUT2D eigenvalue weighted by atomic mass is 10.0. The zero-order valence-electron chi connectivity index (χ0n) is 21.9. The lowest BCUT2D eigenvalue weighted by molar-refractivity contribution is -0.138. The number of piperazine rings is 1. The SMILES string of the molecule is Cc1ccc(NC(=O)c2ccc(CN3CCN(C)CC3)c(C(F)(F)F)c2)cc1NC(=O)c1cc2nccnc2s1. The summed E-state index contributed by atoms with van der Waals surface area (Å²) < 4.78 is 41.9. The molecule has 4 aromatic rings. The number of carbonyl (C=O) groups excluding carboxylic acids is 2. The molecule has 1 aliphatic heterocycles. The number of thiophene rings is 1. The van der Waals surface area contributed by atoms with Crippen LogP contribution in [-0.2, 0) is 12.7 Å². The van der Waals surface area contributed by atoms with Gasteiger partial charge in [0.2, 0.25) is 0 Å². The Morgan fingerprint density at radius 2 is 1.70 bits per heavy atom. The summed E-state index contributed by atoms with van der Waals surface area (Å²) in [5.41, 5.74) is 1.37. The van der Waals surface area contributed by atoms with E-state index in [0.29, 0.717) is 39.7 Å². The number of aryl methyl sites for hydroxylation is 1. The summed E-state index contributed by atoms with van der Waals surface area (Å²) >= 11 is 1.21. The third-order valence-corrected chi connectivity index (χ3v) is 7.83. The number of hydrogen-bond acceptors (Lipinski definition) is 7. The number of likely N-dealkylation sites (N-methyl/N-ethyl adjacent to an activating group) is 1. The lowest BCUT2D eigenvalue weighted by Crippen LogP contribution is -2.44. The van der Waals surface area contributed by atoms with Gasteiger partial charge in [-0.3, -0.25) is 19.5 Å². The number of amides is 2. The van der Waals surface area contributed by atoms with E-state index in [1.807, 2.05) is 11.9 Å². The van der Waals surface area contributed by atoms with Crippen molar-refractivity contribution in [1.82, 2.24) is 19.8 Å². The molecule has 0 unspecified atom stereocenters. The molecule has 0 saturated carbocycles. The Morgan fingerprint density at radius 1 is 0.950 bits per heavy atom. The quantitative estimate of drug-likeness (QED) is 0.330. The molecule has 1 aliphatic rings. The van der Waals surface area contributed by atoms with Gasteiger partial charge < -0.3 is 15.5 Å². The molecule has 0 spiro atoms. The predicted octanol–water partition coefficient (Wildman–Crippen LogP) is 5.27. The van der Waals surface area contributed by atoms with Gasteiger partial charge >= 0.3 is 6.18 Å². The minimum Gasteiger partial charge on any atom is -0.322 e. The van der Waals surface area contributed by atoms with Gasteiger partial charge in [-0.2, -0.15) is 13.2 Å². The van der Waals surface area contributed by atoms with Gasteiger partial charge in [0.05, 0.1) is 10.4 Å². The van der Waals surface area contributed by atoms with E-state index < -0.39 is 17.6 Å². The number of nitrogens with one attached hydrogen (secondary N) is 2. The molecule has 1 fully saturated rings. The van der Waals surface area contributed by atoms with Gasteiger partial charge in [0.15, 0.2) is 0 Å². The third-order valence-electron chi connectivity index (χ3n) is 6.80. The van der Waals surface area contributed by atoms with Crippen LogP contribution in [0, 0.1) is 6.92 Å². The number of alkyl halides is 3. The van der Waals surface area contributed by atoms with E-state index in [9.17, 15) is 22.8 Å². The monoisotopic (exact) mass is 568 g/mol. The fourth-order valence-electron chi connectivity index (χ4n) is 4.47. The number of benzene rings is 2. The van der Waals surface area contributed by atoms with E-state index in [4.69, 9.17) is 0 Å². The minimum atomic E-state index is -4.60. The Labute approximate surface area is 232 Å². The fraction of sp³-hybridized carbons (Fsp3) is 0.286. The number of halogens is 3. The summed E-state index contributed by atoms with van der Waals surface area (Å²) in [5, 5.41) is 5.48. The van der Waals surface area contributed by atoms with E-state index in [0.717, 1.165) is 24.7 Å². The molecular formula is C28H27F3N6O2S. The van der Waals surface area contributed by atoms with Crippen molar-refractivity contribution in [3.8, 4) is 0 Å². The summed E-state index contributed by atoms with van der Waals surface area (Å²) in [4.78, 5) is 39.4. The standard InChI is InChI=1S/C28H27F3N6O2S/c1-17-3-6-20(14-22(17)35-26(39)24-15-23-27(40-24)33-8-7-32-23)34-25(38)18-4-5-19(21(13-18)28(29,30)31)16-37-11-9-36(2)10-12-37/h3-8,13-15H,9-12,16H2,1-2H3,(H,34,38)(H,35,39). The van der Waals surface area contributed by atoms with E-state index in [2.05, 4.69) is 25.5 Å². The van der Waals surface area contributed by atoms with Gasteiger partial charge in [0, 0.05) is 62.1 Å². The molecule has 3 heterocycles. The van der Waals surface area contributed by atoms with Crippen LogP contribution in [0.3, 0.4) is 0 Å². The van der Waals surface area contributed by atoms with Crippen LogP contribution in [0.4, 0.5) is 24.5 Å². The minimum absolute atomic E-state index is 0.106. The first-order chi connectivity index (χ1) is 19.1. The highest BCUT2D eigenvalue weighted by Gasteiger charge is 2.34. The lowest BCUT2D eigenvalue weighted by Gasteiger charge is -2.33. The van der Waals surface area contributed by atoms with Crippen LogP contribution >= 0.6 is 11.3 Å². The van der Waals surface area contributed by atoms with Gasteiger partial charge in [-0.05, 0) is 55.4 Å². The molecule has 0 aliphatic carbocycles. The number of anilines is 2. The zero-order chi connectivity index (χ0) is 28.4. The van der Waals surface area contributed by atoms with E-state index in [1.54, 1.807) is 43.6 Å². The van der Waals surface area contributed by atoms with Crippen molar-refractivity contribution in [3.63, 3.8) is 0 Å². The van der Waals surface area contributed by atoms with Crippen LogP contribution in [0.25, 0.3) is 10.3 Å². The number of carbonyl (C=O) groups is 2. The Morgan fingerprint density at radius 3 is 2.42 bits per heavy atom. The van der Waals surface area contributed by atoms with Crippen molar-refractivity contribution in [3.05, 3.63) is 82.0 Å². The molecule has 0 radical (unpaired) electrons. The molecular weight excluding hydrogens is 541 g/mol. The summed E-state index contributed by atoms with van der Waals surface area (Å²) in [6.07, 6.45) is -1.50. The van der Waals surface area contributed by atoms with Crippen LogP contribution in [0.15, 0.2) is 54.9 Å². The molecule has 1 saturated heterocycles. The molecule has 0 atom stereocenters. The van der Waals surface area contributed by atoms with Crippen molar-refractivity contribution in [2.45, 2.75) is 19.6 Å². The van der Waals surface area contributed by atoms with E-state index in [1.165, 1.54) is 23.5 Å². The second-order valence-electron chi connectivity index (χ2n) is 9.74. The summed E-state index contributed by atoms with van der Waals surface area (Å²) in [6.45, 7) is 4.90. The number of aromatic nitrogens is 2. The van der Waals surface area contributed by atoms with Gasteiger partial charge in [-0.1, -0.05) is 12.1 Å². The number of rotatable bonds is 6. The average molecular weight is 569 g/mol. The van der Waals surface area contributed by atoms with Crippen molar-refractivity contribution in [2.24, 2.45) is 0 Å². The second kappa shape index (κ2) is 11.3. The van der Waals surface area contributed by atoms with Crippen LogP contribution < -0.4 is 10.6 Å². The molecule has 2 aromatic heterocycles. The van der Waals surface area contributed by atoms with Gasteiger partial charge in [-0.15, -0.1) is 11.3 Å². The number of fused-ring (bicyclic) bond motifs is 1. The van der Waals surface area contributed by atoms with Crippen molar-refractivity contribution < 1.29 is 22.8 Å². The molecule has 5 rings (SSSR count). The highest BCUT2D eigenvalue weighted by molar-refractivity contribution is 7.20. The first kappa shape index (κ1) is 27.7. The molecule has 0 bridgehead atoms. The Balaban J connectivity index is 1.31. The Hall–Kier alpha value is -3.87. The van der Waals surface area contributed by atoms with Gasteiger partial charge in [0.1, 0.15) is 10.3 Å².